The average molecular weight is 257 g/mol. The lowest BCUT2D eigenvalue weighted by Crippen LogP contribution is -2.26. The molecule has 0 fully saturated rings. The SMILES string of the molecule is CCOC(=O)CCNC(=O)CCCCC(C)(C)C. The van der Waals surface area contributed by atoms with Crippen LogP contribution in [-0.2, 0) is 14.3 Å². The fraction of sp³-hybridized carbons (Fsp3) is 0.857. The second-order valence-electron chi connectivity index (χ2n) is 5.67. The maximum absolute atomic E-state index is 11.4. The molecule has 0 aromatic carbocycles. The van der Waals surface area contributed by atoms with E-state index in [0.29, 0.717) is 25.0 Å². The molecular weight excluding hydrogens is 230 g/mol. The second kappa shape index (κ2) is 8.95. The van der Waals surface area contributed by atoms with Gasteiger partial charge in [-0.2, -0.15) is 0 Å². The first-order chi connectivity index (χ1) is 8.35. The summed E-state index contributed by atoms with van der Waals surface area (Å²) < 4.78 is 4.77. The Morgan fingerprint density at radius 3 is 2.33 bits per heavy atom. The number of amides is 1. The van der Waals surface area contributed by atoms with E-state index >= 15 is 0 Å². The molecule has 0 atom stereocenters. The van der Waals surface area contributed by atoms with Gasteiger partial charge in [0.2, 0.25) is 5.91 Å². The van der Waals surface area contributed by atoms with Crippen molar-refractivity contribution in [2.24, 2.45) is 5.41 Å². The monoisotopic (exact) mass is 257 g/mol. The first-order valence-corrected chi connectivity index (χ1v) is 6.77. The zero-order chi connectivity index (χ0) is 14.0. The molecule has 0 aliphatic rings. The fourth-order valence-corrected chi connectivity index (χ4v) is 1.57. The molecule has 18 heavy (non-hydrogen) atoms. The second-order valence-corrected chi connectivity index (χ2v) is 5.67. The summed E-state index contributed by atoms with van der Waals surface area (Å²) in [5.74, 6) is -0.237. The lowest BCUT2D eigenvalue weighted by molar-refractivity contribution is -0.143. The van der Waals surface area contributed by atoms with Crippen LogP contribution in [-0.4, -0.2) is 25.0 Å². The van der Waals surface area contributed by atoms with Crippen molar-refractivity contribution in [1.29, 1.82) is 0 Å². The van der Waals surface area contributed by atoms with E-state index in [2.05, 4.69) is 26.1 Å². The Morgan fingerprint density at radius 2 is 1.78 bits per heavy atom. The van der Waals surface area contributed by atoms with Gasteiger partial charge in [-0.15, -0.1) is 0 Å². The Hall–Kier alpha value is -1.06. The van der Waals surface area contributed by atoms with Crippen LogP contribution in [0.1, 0.15) is 59.8 Å². The van der Waals surface area contributed by atoms with Crippen LogP contribution in [0.2, 0.25) is 0 Å². The molecule has 1 N–H and O–H groups in total. The number of carbonyl (C=O) groups excluding carboxylic acids is 2. The molecular formula is C14H27NO3. The number of esters is 1. The van der Waals surface area contributed by atoms with Crippen LogP contribution in [0.4, 0.5) is 0 Å². The van der Waals surface area contributed by atoms with Crippen molar-refractivity contribution in [3.05, 3.63) is 0 Å². The minimum Gasteiger partial charge on any atom is -0.466 e. The number of carbonyl (C=O) groups is 2. The minimum atomic E-state index is -0.259. The van der Waals surface area contributed by atoms with Crippen molar-refractivity contribution in [3.8, 4) is 0 Å². The van der Waals surface area contributed by atoms with E-state index in [1.807, 2.05) is 0 Å². The lowest BCUT2D eigenvalue weighted by atomic mass is 9.89. The molecule has 0 aliphatic heterocycles. The lowest BCUT2D eigenvalue weighted by Gasteiger charge is -2.17. The normalized spacial score (nSPS) is 11.1. The zero-order valence-corrected chi connectivity index (χ0v) is 12.2. The van der Waals surface area contributed by atoms with Crippen LogP contribution in [0.5, 0.6) is 0 Å². The van der Waals surface area contributed by atoms with Crippen LogP contribution >= 0.6 is 0 Å². The Kier molecular flexibility index (Phi) is 8.42. The molecule has 4 heteroatoms. The molecule has 0 saturated carbocycles. The maximum Gasteiger partial charge on any atom is 0.307 e. The molecule has 0 aromatic rings. The standard InChI is InChI=1S/C14H27NO3/c1-5-18-13(17)9-11-15-12(16)8-6-7-10-14(2,3)4/h5-11H2,1-4H3,(H,15,16). The number of hydrogen-bond acceptors (Lipinski definition) is 3. The topological polar surface area (TPSA) is 55.4 Å². The van der Waals surface area contributed by atoms with Crippen molar-refractivity contribution in [1.82, 2.24) is 5.32 Å². The fourth-order valence-electron chi connectivity index (χ4n) is 1.57. The van der Waals surface area contributed by atoms with E-state index in [9.17, 15) is 9.59 Å². The Morgan fingerprint density at radius 1 is 1.11 bits per heavy atom. The number of rotatable bonds is 8. The van der Waals surface area contributed by atoms with Gasteiger partial charge < -0.3 is 10.1 Å². The van der Waals surface area contributed by atoms with Gasteiger partial charge in [-0.25, -0.2) is 0 Å². The predicted molar refractivity (Wildman–Crippen MR) is 72.2 cm³/mol. The Labute approximate surface area is 110 Å². The molecule has 4 nitrogen and oxygen atoms in total. The molecule has 1 amide bonds. The van der Waals surface area contributed by atoms with Crippen LogP contribution in [0.25, 0.3) is 0 Å². The summed E-state index contributed by atoms with van der Waals surface area (Å²) in [4.78, 5) is 22.5. The average Bonchev–Trinajstić information content (AvgIpc) is 2.23. The van der Waals surface area contributed by atoms with E-state index in [1.54, 1.807) is 6.92 Å². The summed E-state index contributed by atoms with van der Waals surface area (Å²) in [6, 6.07) is 0. The van der Waals surface area contributed by atoms with Crippen molar-refractivity contribution in [3.63, 3.8) is 0 Å². The first-order valence-electron chi connectivity index (χ1n) is 6.77. The van der Waals surface area contributed by atoms with E-state index in [-0.39, 0.29) is 18.3 Å². The van der Waals surface area contributed by atoms with Crippen LogP contribution in [0, 0.1) is 5.41 Å². The Bertz CT molecular complexity index is 256. The van der Waals surface area contributed by atoms with E-state index < -0.39 is 0 Å². The van der Waals surface area contributed by atoms with Crippen LogP contribution in [0.3, 0.4) is 0 Å². The van der Waals surface area contributed by atoms with Crippen molar-refractivity contribution < 1.29 is 14.3 Å². The van der Waals surface area contributed by atoms with Gasteiger partial charge in [0, 0.05) is 13.0 Å². The predicted octanol–water partition coefficient (Wildman–Crippen LogP) is 2.66. The maximum atomic E-state index is 11.4. The molecule has 0 heterocycles. The third-order valence-electron chi connectivity index (χ3n) is 2.54. The minimum absolute atomic E-state index is 0.0215. The van der Waals surface area contributed by atoms with Crippen LogP contribution < -0.4 is 5.32 Å². The highest BCUT2D eigenvalue weighted by Gasteiger charge is 2.10. The molecule has 0 unspecified atom stereocenters. The van der Waals surface area contributed by atoms with Gasteiger partial charge in [-0.05, 0) is 25.2 Å². The van der Waals surface area contributed by atoms with Crippen molar-refractivity contribution in [2.45, 2.75) is 59.8 Å². The highest BCUT2D eigenvalue weighted by molar-refractivity contribution is 5.76. The van der Waals surface area contributed by atoms with Gasteiger partial charge >= 0.3 is 5.97 Å². The highest BCUT2D eigenvalue weighted by Crippen LogP contribution is 2.21. The Balaban J connectivity index is 3.46. The van der Waals surface area contributed by atoms with Gasteiger partial charge in [0.1, 0.15) is 0 Å². The van der Waals surface area contributed by atoms with Crippen molar-refractivity contribution in [2.75, 3.05) is 13.2 Å². The first kappa shape index (κ1) is 16.9. The van der Waals surface area contributed by atoms with E-state index in [1.165, 1.54) is 0 Å². The largest absolute Gasteiger partial charge is 0.466 e. The summed E-state index contributed by atoms with van der Waals surface area (Å²) in [5.41, 5.74) is 0.334. The van der Waals surface area contributed by atoms with Gasteiger partial charge in [-0.3, -0.25) is 9.59 Å². The smallest absolute Gasteiger partial charge is 0.307 e. The third kappa shape index (κ3) is 11.4. The van der Waals surface area contributed by atoms with E-state index in [4.69, 9.17) is 4.74 Å². The summed E-state index contributed by atoms with van der Waals surface area (Å²) in [6.07, 6.45) is 3.89. The van der Waals surface area contributed by atoms with Crippen molar-refractivity contribution >= 4 is 11.9 Å². The number of ether oxygens (including phenoxy) is 1. The quantitative estimate of drug-likeness (QED) is 0.537. The molecule has 0 spiro atoms. The summed E-state index contributed by atoms with van der Waals surface area (Å²) >= 11 is 0. The van der Waals surface area contributed by atoms with Gasteiger partial charge in [-0.1, -0.05) is 27.2 Å². The molecule has 0 rings (SSSR count). The summed E-state index contributed by atoms with van der Waals surface area (Å²) in [6.45, 7) is 9.13. The molecule has 0 radical (unpaired) electrons. The number of nitrogens with one attached hydrogen (secondary N) is 1. The number of unbranched alkanes of at least 4 members (excludes halogenated alkanes) is 1. The van der Waals surface area contributed by atoms with E-state index in [0.717, 1.165) is 19.3 Å². The van der Waals surface area contributed by atoms with Gasteiger partial charge in [0.05, 0.1) is 13.0 Å². The van der Waals surface area contributed by atoms with Gasteiger partial charge in [0.15, 0.2) is 0 Å². The zero-order valence-electron chi connectivity index (χ0n) is 12.2. The molecule has 0 aliphatic carbocycles. The molecule has 0 saturated heterocycles. The third-order valence-corrected chi connectivity index (χ3v) is 2.54. The molecule has 0 aromatic heterocycles. The highest BCUT2D eigenvalue weighted by atomic mass is 16.5. The number of hydrogen-bond donors (Lipinski definition) is 1. The van der Waals surface area contributed by atoms with Crippen LogP contribution in [0.15, 0.2) is 0 Å². The summed E-state index contributed by atoms with van der Waals surface area (Å²) in [7, 11) is 0. The summed E-state index contributed by atoms with van der Waals surface area (Å²) in [5, 5.41) is 2.73. The molecule has 0 bridgehead atoms. The molecule has 106 valence electrons. The van der Waals surface area contributed by atoms with Gasteiger partial charge in [0.25, 0.3) is 0 Å².